The number of hydrogen-bond donors (Lipinski definition) is 1. The van der Waals surface area contributed by atoms with Gasteiger partial charge in [-0.15, -0.1) is 11.8 Å². The Morgan fingerprint density at radius 3 is 2.74 bits per heavy atom. The second-order valence-electron chi connectivity index (χ2n) is 6.08. The van der Waals surface area contributed by atoms with Crippen molar-refractivity contribution in [1.29, 1.82) is 0 Å². The van der Waals surface area contributed by atoms with Gasteiger partial charge in [0.15, 0.2) is 0 Å². The average Bonchev–Trinajstić information content (AvgIpc) is 3.08. The minimum absolute atomic E-state index is 0.0449. The van der Waals surface area contributed by atoms with E-state index in [9.17, 15) is 14.9 Å². The van der Waals surface area contributed by atoms with Crippen LogP contribution in [0, 0.1) is 10.1 Å². The van der Waals surface area contributed by atoms with Crippen molar-refractivity contribution in [2.24, 2.45) is 0 Å². The number of aromatic nitrogens is 2. The van der Waals surface area contributed by atoms with E-state index in [-0.39, 0.29) is 16.8 Å². The molecule has 140 valence electrons. The first-order valence-electron chi connectivity index (χ1n) is 8.63. The summed E-state index contributed by atoms with van der Waals surface area (Å²) in [5.74, 6) is -0.0474. The summed E-state index contributed by atoms with van der Waals surface area (Å²) in [6, 6.07) is 14.2. The fourth-order valence-corrected chi connectivity index (χ4v) is 3.59. The molecular weight excluding hydrogens is 364 g/mol. The molecule has 0 aliphatic carbocycles. The first-order chi connectivity index (χ1) is 13.0. The molecule has 1 heterocycles. The van der Waals surface area contributed by atoms with Crippen molar-refractivity contribution in [1.82, 2.24) is 14.9 Å². The molecular formula is C19H20N4O3S. The molecule has 0 saturated heterocycles. The zero-order valence-electron chi connectivity index (χ0n) is 14.9. The molecule has 0 bridgehead atoms. The number of nitro groups is 1. The summed E-state index contributed by atoms with van der Waals surface area (Å²) in [5, 5.41) is 13.3. The number of nitrogens with zero attached hydrogens (tertiary/aromatic N) is 3. The van der Waals surface area contributed by atoms with Gasteiger partial charge in [0.25, 0.3) is 5.69 Å². The Hall–Kier alpha value is -2.87. The van der Waals surface area contributed by atoms with E-state index in [0.717, 1.165) is 28.9 Å². The molecule has 7 nitrogen and oxygen atoms in total. The zero-order chi connectivity index (χ0) is 19.2. The SMILES string of the molecule is C[C@H](Sc1ccc([N+](=O)[O-])cc1)C(=O)NCCCn1cnc2ccccc21. The third-order valence-corrected chi connectivity index (χ3v) is 5.24. The molecule has 27 heavy (non-hydrogen) atoms. The highest BCUT2D eigenvalue weighted by atomic mass is 32.2. The maximum absolute atomic E-state index is 12.2. The van der Waals surface area contributed by atoms with Crippen molar-refractivity contribution in [2.75, 3.05) is 6.54 Å². The van der Waals surface area contributed by atoms with Crippen LogP contribution in [0.1, 0.15) is 13.3 Å². The lowest BCUT2D eigenvalue weighted by atomic mass is 10.3. The lowest BCUT2D eigenvalue weighted by Gasteiger charge is -2.12. The molecule has 0 aliphatic heterocycles. The largest absolute Gasteiger partial charge is 0.355 e. The lowest BCUT2D eigenvalue weighted by Crippen LogP contribution is -2.32. The van der Waals surface area contributed by atoms with Crippen molar-refractivity contribution >= 4 is 34.4 Å². The molecule has 0 unspecified atom stereocenters. The van der Waals surface area contributed by atoms with E-state index < -0.39 is 4.92 Å². The van der Waals surface area contributed by atoms with Gasteiger partial charge in [-0.1, -0.05) is 12.1 Å². The highest BCUT2D eigenvalue weighted by Crippen LogP contribution is 2.25. The fraction of sp³-hybridized carbons (Fsp3) is 0.263. The Kier molecular flexibility index (Phi) is 6.08. The minimum Gasteiger partial charge on any atom is -0.355 e. The summed E-state index contributed by atoms with van der Waals surface area (Å²) in [7, 11) is 0. The molecule has 1 N–H and O–H groups in total. The normalized spacial score (nSPS) is 12.0. The fourth-order valence-electron chi connectivity index (χ4n) is 2.70. The summed E-state index contributed by atoms with van der Waals surface area (Å²) in [4.78, 5) is 27.7. The predicted molar refractivity (Wildman–Crippen MR) is 106 cm³/mol. The van der Waals surface area contributed by atoms with Crippen molar-refractivity contribution < 1.29 is 9.72 Å². The van der Waals surface area contributed by atoms with E-state index in [4.69, 9.17) is 0 Å². The van der Waals surface area contributed by atoms with Gasteiger partial charge in [-0.25, -0.2) is 4.98 Å². The maximum Gasteiger partial charge on any atom is 0.269 e. The Balaban J connectivity index is 1.44. The molecule has 0 aliphatic rings. The van der Waals surface area contributed by atoms with Gasteiger partial charge in [-0.2, -0.15) is 0 Å². The van der Waals surface area contributed by atoms with Gasteiger partial charge in [-0.3, -0.25) is 14.9 Å². The minimum atomic E-state index is -0.436. The smallest absolute Gasteiger partial charge is 0.269 e. The molecule has 3 aromatic rings. The van der Waals surface area contributed by atoms with E-state index in [1.165, 1.54) is 23.9 Å². The number of thioether (sulfide) groups is 1. The number of carbonyl (C=O) groups is 1. The Labute approximate surface area is 160 Å². The van der Waals surface area contributed by atoms with Crippen molar-refractivity contribution in [2.45, 2.75) is 30.0 Å². The van der Waals surface area contributed by atoms with Gasteiger partial charge in [0, 0.05) is 30.1 Å². The molecule has 0 radical (unpaired) electrons. The predicted octanol–water partition coefficient (Wildman–Crippen LogP) is 3.63. The van der Waals surface area contributed by atoms with Gasteiger partial charge in [0.05, 0.1) is 27.5 Å². The van der Waals surface area contributed by atoms with E-state index in [2.05, 4.69) is 14.9 Å². The number of nitro benzene ring substituents is 1. The molecule has 1 amide bonds. The van der Waals surface area contributed by atoms with E-state index >= 15 is 0 Å². The van der Waals surface area contributed by atoms with Crippen LogP contribution in [0.3, 0.4) is 0 Å². The van der Waals surface area contributed by atoms with Crippen LogP contribution < -0.4 is 5.32 Å². The average molecular weight is 384 g/mol. The van der Waals surface area contributed by atoms with Gasteiger partial charge in [0.1, 0.15) is 0 Å². The number of carbonyl (C=O) groups excluding carboxylic acids is 1. The Morgan fingerprint density at radius 1 is 1.26 bits per heavy atom. The molecule has 0 fully saturated rings. The number of hydrogen-bond acceptors (Lipinski definition) is 5. The van der Waals surface area contributed by atoms with Gasteiger partial charge < -0.3 is 9.88 Å². The third kappa shape index (κ3) is 4.85. The van der Waals surface area contributed by atoms with E-state index in [1.54, 1.807) is 12.1 Å². The zero-order valence-corrected chi connectivity index (χ0v) is 15.7. The van der Waals surface area contributed by atoms with Gasteiger partial charge in [-0.05, 0) is 37.6 Å². The Morgan fingerprint density at radius 2 is 2.00 bits per heavy atom. The number of nitrogens with one attached hydrogen (secondary N) is 1. The van der Waals surface area contributed by atoms with Crippen molar-refractivity contribution in [3.63, 3.8) is 0 Å². The number of amides is 1. The molecule has 1 atom stereocenters. The van der Waals surface area contributed by atoms with Crippen LogP contribution in [0.25, 0.3) is 11.0 Å². The van der Waals surface area contributed by atoms with Crippen LogP contribution >= 0.6 is 11.8 Å². The third-order valence-electron chi connectivity index (χ3n) is 4.13. The van der Waals surface area contributed by atoms with Crippen LogP contribution in [0.15, 0.2) is 59.8 Å². The summed E-state index contributed by atoms with van der Waals surface area (Å²) in [6.45, 7) is 3.19. The van der Waals surface area contributed by atoms with Crippen LogP contribution in [0.5, 0.6) is 0 Å². The standard InChI is InChI=1S/C19H20N4O3S/c1-14(27-16-9-7-15(8-10-16)23(25)26)19(24)20-11-4-12-22-13-21-17-5-2-3-6-18(17)22/h2-3,5-10,13-14H,4,11-12H2,1H3,(H,20,24)/t14-/m0/s1. The number of non-ortho nitro benzene ring substituents is 1. The summed E-state index contributed by atoms with van der Waals surface area (Å²) in [5.41, 5.74) is 2.10. The second kappa shape index (κ2) is 8.68. The first kappa shape index (κ1) is 18.9. The molecule has 0 spiro atoms. The maximum atomic E-state index is 12.2. The number of benzene rings is 2. The van der Waals surface area contributed by atoms with Crippen LogP contribution in [0.4, 0.5) is 5.69 Å². The van der Waals surface area contributed by atoms with Crippen LogP contribution in [0.2, 0.25) is 0 Å². The lowest BCUT2D eigenvalue weighted by molar-refractivity contribution is -0.384. The molecule has 0 saturated carbocycles. The molecule has 2 aromatic carbocycles. The van der Waals surface area contributed by atoms with Gasteiger partial charge >= 0.3 is 0 Å². The monoisotopic (exact) mass is 384 g/mol. The number of aryl methyl sites for hydroxylation is 1. The first-order valence-corrected chi connectivity index (χ1v) is 9.51. The molecule has 8 heteroatoms. The highest BCUT2D eigenvalue weighted by Gasteiger charge is 2.14. The number of imidazole rings is 1. The van der Waals surface area contributed by atoms with Crippen LogP contribution in [-0.4, -0.2) is 32.2 Å². The van der Waals surface area contributed by atoms with Crippen LogP contribution in [-0.2, 0) is 11.3 Å². The quantitative estimate of drug-likeness (QED) is 0.277. The topological polar surface area (TPSA) is 90.1 Å². The van der Waals surface area contributed by atoms with Crippen molar-refractivity contribution in [3.8, 4) is 0 Å². The second-order valence-corrected chi connectivity index (χ2v) is 7.50. The number of rotatable bonds is 8. The highest BCUT2D eigenvalue weighted by molar-refractivity contribution is 8.00. The number of fused-ring (bicyclic) bond motifs is 1. The summed E-state index contributed by atoms with van der Waals surface area (Å²) < 4.78 is 2.08. The Bertz CT molecular complexity index is 940. The van der Waals surface area contributed by atoms with Crippen molar-refractivity contribution in [3.05, 3.63) is 65.0 Å². The van der Waals surface area contributed by atoms with E-state index in [1.807, 2.05) is 37.5 Å². The number of para-hydroxylation sites is 2. The van der Waals surface area contributed by atoms with Gasteiger partial charge in [0.2, 0.25) is 5.91 Å². The summed E-state index contributed by atoms with van der Waals surface area (Å²) in [6.07, 6.45) is 2.63. The molecule has 1 aromatic heterocycles. The summed E-state index contributed by atoms with van der Waals surface area (Å²) >= 11 is 1.38. The molecule has 3 rings (SSSR count). The van der Waals surface area contributed by atoms with E-state index in [0.29, 0.717) is 6.54 Å².